The van der Waals surface area contributed by atoms with Gasteiger partial charge in [0.2, 0.25) is 0 Å². The first-order chi connectivity index (χ1) is 13.1. The van der Waals surface area contributed by atoms with Crippen molar-refractivity contribution >= 4 is 27.7 Å². The maximum Gasteiger partial charge on any atom is 0.200 e. The smallest absolute Gasteiger partial charge is 0.200 e. The van der Waals surface area contributed by atoms with Crippen molar-refractivity contribution in [1.82, 2.24) is 14.8 Å². The van der Waals surface area contributed by atoms with Crippen molar-refractivity contribution in [3.8, 4) is 23.1 Å². The lowest BCUT2D eigenvalue weighted by Crippen LogP contribution is -2.15. The number of furan rings is 1. The third kappa shape index (κ3) is 4.01. The van der Waals surface area contributed by atoms with Gasteiger partial charge in [0.1, 0.15) is 13.2 Å². The first-order valence-electron chi connectivity index (χ1n) is 8.79. The normalized spacial score (nSPS) is 13.3. The minimum absolute atomic E-state index is 0.468. The molecule has 0 amide bonds. The van der Waals surface area contributed by atoms with E-state index >= 15 is 0 Å². The van der Waals surface area contributed by atoms with Crippen LogP contribution in [-0.2, 0) is 12.3 Å². The number of fused-ring (bicyclic) bond motifs is 1. The Balaban J connectivity index is 1.58. The number of thioether (sulfide) groups is 1. The van der Waals surface area contributed by atoms with Crippen LogP contribution in [0.25, 0.3) is 11.6 Å². The molecule has 0 spiro atoms. The lowest BCUT2D eigenvalue weighted by atomic mass is 10.2. The van der Waals surface area contributed by atoms with E-state index in [9.17, 15) is 0 Å². The molecule has 0 atom stereocenters. The van der Waals surface area contributed by atoms with Gasteiger partial charge in [-0.2, -0.15) is 0 Å². The van der Waals surface area contributed by atoms with Gasteiger partial charge in [-0.25, -0.2) is 0 Å². The standard InChI is InChI=1S/C19H20BrN3O3S/c1-12(2)10-23-18(15-4-3-5-24-15)21-22-19(23)27-11-13-8-16-17(9-14(13)20)26-7-6-25-16/h3-5,8-9,12H,6-7,10-11H2,1-2H3. The highest BCUT2D eigenvalue weighted by Crippen LogP contribution is 2.38. The van der Waals surface area contributed by atoms with E-state index in [2.05, 4.69) is 44.5 Å². The summed E-state index contributed by atoms with van der Waals surface area (Å²) in [6.07, 6.45) is 1.66. The SMILES string of the molecule is CC(C)Cn1c(SCc2cc3c(cc2Br)OCCO3)nnc1-c1ccco1. The highest BCUT2D eigenvalue weighted by molar-refractivity contribution is 9.10. The Morgan fingerprint density at radius 1 is 1.19 bits per heavy atom. The monoisotopic (exact) mass is 449 g/mol. The van der Waals surface area contributed by atoms with Crippen LogP contribution in [0.4, 0.5) is 0 Å². The minimum atomic E-state index is 0.468. The van der Waals surface area contributed by atoms with Crippen molar-refractivity contribution in [2.75, 3.05) is 13.2 Å². The number of halogens is 1. The van der Waals surface area contributed by atoms with Crippen LogP contribution >= 0.6 is 27.7 Å². The Morgan fingerprint density at radius 3 is 2.67 bits per heavy atom. The van der Waals surface area contributed by atoms with Gasteiger partial charge >= 0.3 is 0 Å². The molecule has 4 rings (SSSR count). The van der Waals surface area contributed by atoms with E-state index in [-0.39, 0.29) is 0 Å². The first-order valence-corrected chi connectivity index (χ1v) is 10.6. The summed E-state index contributed by atoms with van der Waals surface area (Å²) in [7, 11) is 0. The summed E-state index contributed by atoms with van der Waals surface area (Å²) in [5.74, 6) is 4.28. The van der Waals surface area contributed by atoms with Gasteiger partial charge in [-0.05, 0) is 35.7 Å². The van der Waals surface area contributed by atoms with E-state index in [1.54, 1.807) is 18.0 Å². The van der Waals surface area contributed by atoms with Crippen LogP contribution < -0.4 is 9.47 Å². The minimum Gasteiger partial charge on any atom is -0.486 e. The largest absolute Gasteiger partial charge is 0.486 e. The van der Waals surface area contributed by atoms with Crippen LogP contribution in [0.3, 0.4) is 0 Å². The quantitative estimate of drug-likeness (QED) is 0.492. The Morgan fingerprint density at radius 2 is 1.96 bits per heavy atom. The summed E-state index contributed by atoms with van der Waals surface area (Å²) in [4.78, 5) is 0. The average Bonchev–Trinajstić information content (AvgIpc) is 3.29. The van der Waals surface area contributed by atoms with Gasteiger partial charge in [-0.1, -0.05) is 41.5 Å². The highest BCUT2D eigenvalue weighted by atomic mass is 79.9. The maximum absolute atomic E-state index is 5.70. The molecule has 3 heterocycles. The summed E-state index contributed by atoms with van der Waals surface area (Å²) >= 11 is 5.28. The molecular formula is C19H20BrN3O3S. The van der Waals surface area contributed by atoms with E-state index in [1.165, 1.54) is 0 Å². The summed E-state index contributed by atoms with van der Waals surface area (Å²) in [5, 5.41) is 9.63. The van der Waals surface area contributed by atoms with Gasteiger partial charge in [0.05, 0.1) is 6.26 Å². The summed E-state index contributed by atoms with van der Waals surface area (Å²) in [6.45, 7) is 6.35. The van der Waals surface area contributed by atoms with Crippen molar-refractivity contribution in [1.29, 1.82) is 0 Å². The van der Waals surface area contributed by atoms with Gasteiger partial charge in [0.25, 0.3) is 0 Å². The lowest BCUT2D eigenvalue weighted by Gasteiger charge is -2.20. The molecule has 0 aliphatic carbocycles. The number of benzene rings is 1. The van der Waals surface area contributed by atoms with Crippen LogP contribution in [0.15, 0.2) is 44.6 Å². The van der Waals surface area contributed by atoms with E-state index in [1.807, 2.05) is 24.3 Å². The van der Waals surface area contributed by atoms with E-state index in [0.717, 1.165) is 50.6 Å². The fraction of sp³-hybridized carbons (Fsp3) is 0.368. The van der Waals surface area contributed by atoms with Crippen LogP contribution in [0.2, 0.25) is 0 Å². The summed E-state index contributed by atoms with van der Waals surface area (Å²) in [5.41, 5.74) is 1.13. The molecule has 0 N–H and O–H groups in total. The second-order valence-electron chi connectivity index (χ2n) is 6.66. The number of rotatable bonds is 6. The molecule has 1 aromatic carbocycles. The number of hydrogen-bond donors (Lipinski definition) is 0. The van der Waals surface area contributed by atoms with Crippen molar-refractivity contribution < 1.29 is 13.9 Å². The molecule has 1 aliphatic heterocycles. The van der Waals surface area contributed by atoms with Gasteiger partial charge < -0.3 is 13.9 Å². The molecule has 2 aromatic heterocycles. The van der Waals surface area contributed by atoms with Crippen LogP contribution in [0.5, 0.6) is 11.5 Å². The molecule has 0 radical (unpaired) electrons. The molecule has 1 aliphatic rings. The molecule has 0 saturated heterocycles. The zero-order chi connectivity index (χ0) is 18.8. The van der Waals surface area contributed by atoms with E-state index in [4.69, 9.17) is 13.9 Å². The number of nitrogens with zero attached hydrogens (tertiary/aromatic N) is 3. The number of ether oxygens (including phenoxy) is 2. The third-order valence-electron chi connectivity index (χ3n) is 4.07. The second kappa shape index (κ2) is 7.98. The van der Waals surface area contributed by atoms with Gasteiger partial charge in [-0.15, -0.1) is 10.2 Å². The second-order valence-corrected chi connectivity index (χ2v) is 8.46. The zero-order valence-electron chi connectivity index (χ0n) is 15.1. The van der Waals surface area contributed by atoms with Gasteiger partial charge in [0.15, 0.2) is 28.2 Å². The Labute approximate surface area is 170 Å². The average molecular weight is 450 g/mol. The molecule has 8 heteroatoms. The molecule has 142 valence electrons. The Bertz CT molecular complexity index is 925. The zero-order valence-corrected chi connectivity index (χ0v) is 17.5. The molecule has 0 fully saturated rings. The number of hydrogen-bond acceptors (Lipinski definition) is 6. The van der Waals surface area contributed by atoms with Crippen molar-refractivity contribution in [2.24, 2.45) is 5.92 Å². The van der Waals surface area contributed by atoms with Crippen LogP contribution in [-0.4, -0.2) is 28.0 Å². The van der Waals surface area contributed by atoms with Crippen LogP contribution in [0.1, 0.15) is 19.4 Å². The Kier molecular flexibility index (Phi) is 5.45. The first kappa shape index (κ1) is 18.4. The maximum atomic E-state index is 5.70. The lowest BCUT2D eigenvalue weighted by molar-refractivity contribution is 0.171. The number of aromatic nitrogens is 3. The fourth-order valence-electron chi connectivity index (χ4n) is 2.87. The van der Waals surface area contributed by atoms with Crippen LogP contribution in [0, 0.1) is 5.92 Å². The molecular weight excluding hydrogens is 430 g/mol. The third-order valence-corrected chi connectivity index (χ3v) is 5.83. The molecule has 3 aromatic rings. The topological polar surface area (TPSA) is 62.3 Å². The van der Waals surface area contributed by atoms with Crippen molar-refractivity contribution in [3.63, 3.8) is 0 Å². The molecule has 6 nitrogen and oxygen atoms in total. The summed E-state index contributed by atoms with van der Waals surface area (Å²) in [6, 6.07) is 7.77. The predicted molar refractivity (Wildman–Crippen MR) is 107 cm³/mol. The molecule has 0 unspecified atom stereocenters. The molecule has 0 bridgehead atoms. The van der Waals surface area contributed by atoms with Gasteiger partial charge in [-0.3, -0.25) is 4.57 Å². The van der Waals surface area contributed by atoms with Crippen molar-refractivity contribution in [2.45, 2.75) is 31.3 Å². The Hall–Kier alpha value is -1.93. The fourth-order valence-corrected chi connectivity index (χ4v) is 4.46. The van der Waals surface area contributed by atoms with Crippen molar-refractivity contribution in [3.05, 3.63) is 40.6 Å². The van der Waals surface area contributed by atoms with Gasteiger partial charge in [0, 0.05) is 16.8 Å². The summed E-state index contributed by atoms with van der Waals surface area (Å²) < 4.78 is 20.0. The molecule has 0 saturated carbocycles. The predicted octanol–water partition coefficient (Wildman–Crippen LogP) is 5.02. The molecule has 27 heavy (non-hydrogen) atoms. The van der Waals surface area contributed by atoms with E-state index < -0.39 is 0 Å². The van der Waals surface area contributed by atoms with E-state index in [0.29, 0.717) is 19.1 Å². The highest BCUT2D eigenvalue weighted by Gasteiger charge is 2.19.